The lowest BCUT2D eigenvalue weighted by atomic mass is 9.89. The molecule has 0 radical (unpaired) electrons. The van der Waals surface area contributed by atoms with Gasteiger partial charge in [0, 0.05) is 25.2 Å². The van der Waals surface area contributed by atoms with E-state index in [4.69, 9.17) is 9.47 Å². The molecule has 2 aliphatic rings. The fourth-order valence-electron chi connectivity index (χ4n) is 5.47. The lowest BCUT2D eigenvalue weighted by Gasteiger charge is -2.42. The summed E-state index contributed by atoms with van der Waals surface area (Å²) in [7, 11) is 3.26. The van der Waals surface area contributed by atoms with Crippen LogP contribution in [0.5, 0.6) is 11.5 Å². The predicted molar refractivity (Wildman–Crippen MR) is 140 cm³/mol. The molecule has 0 aromatic heterocycles. The summed E-state index contributed by atoms with van der Waals surface area (Å²) in [6, 6.07) is 18.6. The van der Waals surface area contributed by atoms with Crippen LogP contribution in [0.1, 0.15) is 40.8 Å². The minimum Gasteiger partial charge on any atom is -0.493 e. The third kappa shape index (κ3) is 4.80. The van der Waals surface area contributed by atoms with Crippen LogP contribution >= 0.6 is 12.4 Å². The van der Waals surface area contributed by atoms with Gasteiger partial charge in [0.05, 0.1) is 26.3 Å². The largest absolute Gasteiger partial charge is 0.493 e. The summed E-state index contributed by atoms with van der Waals surface area (Å²) in [5, 5.41) is 0. The van der Waals surface area contributed by atoms with Crippen LogP contribution in [0, 0.1) is 5.82 Å². The molecule has 5 rings (SSSR count). The predicted octanol–water partition coefficient (Wildman–Crippen LogP) is 5.34. The van der Waals surface area contributed by atoms with E-state index in [2.05, 4.69) is 24.0 Å². The van der Waals surface area contributed by atoms with E-state index in [1.54, 1.807) is 26.4 Å². The number of hydrogen-bond donors (Lipinski definition) is 0. The normalized spacial score (nSPS) is 19.1. The number of carbonyl (C=O) groups excluding carboxylic acids is 1. The van der Waals surface area contributed by atoms with Crippen molar-refractivity contribution in [1.29, 1.82) is 0 Å². The van der Waals surface area contributed by atoms with Crippen LogP contribution in [0.3, 0.4) is 0 Å². The number of hydrogen-bond acceptors (Lipinski definition) is 4. The zero-order valence-electron chi connectivity index (χ0n) is 20.9. The van der Waals surface area contributed by atoms with Crippen molar-refractivity contribution < 1.29 is 18.7 Å². The number of methoxy groups -OCH3 is 2. The maximum atomic E-state index is 14.5. The van der Waals surface area contributed by atoms with Gasteiger partial charge < -0.3 is 14.4 Å². The summed E-state index contributed by atoms with van der Waals surface area (Å²) < 4.78 is 25.5. The molecule has 5 nitrogen and oxygen atoms in total. The highest BCUT2D eigenvalue weighted by atomic mass is 35.5. The molecule has 3 aromatic carbocycles. The van der Waals surface area contributed by atoms with Crippen LogP contribution in [0.25, 0.3) is 0 Å². The highest BCUT2D eigenvalue weighted by Gasteiger charge is 2.38. The van der Waals surface area contributed by atoms with Gasteiger partial charge in [0.2, 0.25) is 5.91 Å². The van der Waals surface area contributed by atoms with Crippen LogP contribution in [-0.2, 0) is 30.7 Å². The Morgan fingerprint density at radius 1 is 0.972 bits per heavy atom. The van der Waals surface area contributed by atoms with Crippen molar-refractivity contribution in [3.63, 3.8) is 0 Å². The van der Waals surface area contributed by atoms with Crippen molar-refractivity contribution in [1.82, 2.24) is 9.80 Å². The molecule has 0 saturated carbocycles. The molecule has 3 aromatic rings. The molecule has 0 spiro atoms. The second kappa shape index (κ2) is 10.9. The summed E-state index contributed by atoms with van der Waals surface area (Å²) >= 11 is 0. The molecule has 7 heteroatoms. The molecule has 0 bridgehead atoms. The number of amides is 1. The van der Waals surface area contributed by atoms with Crippen LogP contribution in [0.2, 0.25) is 0 Å². The van der Waals surface area contributed by atoms with Gasteiger partial charge in [0.1, 0.15) is 5.82 Å². The van der Waals surface area contributed by atoms with E-state index in [-0.39, 0.29) is 36.2 Å². The number of fused-ring (bicyclic) bond motifs is 2. The molecule has 1 amide bonds. The van der Waals surface area contributed by atoms with Crippen LogP contribution < -0.4 is 9.47 Å². The van der Waals surface area contributed by atoms with Crippen molar-refractivity contribution in [2.45, 2.75) is 44.9 Å². The number of rotatable bonds is 5. The quantitative estimate of drug-likeness (QED) is 0.465. The second-order valence-electron chi connectivity index (χ2n) is 9.35. The zero-order chi connectivity index (χ0) is 24.5. The minimum atomic E-state index is -0.353. The zero-order valence-corrected chi connectivity index (χ0v) is 21.7. The lowest BCUT2D eigenvalue weighted by Crippen LogP contribution is -2.53. The first-order valence-electron chi connectivity index (χ1n) is 12.1. The minimum absolute atomic E-state index is 0. The topological polar surface area (TPSA) is 42.0 Å². The Balaban J connectivity index is 0.00000304. The Morgan fingerprint density at radius 3 is 2.36 bits per heavy atom. The highest BCUT2D eigenvalue weighted by Crippen LogP contribution is 2.39. The lowest BCUT2D eigenvalue weighted by molar-refractivity contribution is -0.140. The second-order valence-corrected chi connectivity index (χ2v) is 9.35. The smallest absolute Gasteiger partial charge is 0.240 e. The number of carbonyl (C=O) groups is 1. The monoisotopic (exact) mass is 510 g/mol. The Bertz CT molecular complexity index is 1250. The Morgan fingerprint density at radius 2 is 1.64 bits per heavy atom. The first-order chi connectivity index (χ1) is 17.0. The van der Waals surface area contributed by atoms with Gasteiger partial charge in [-0.05, 0) is 60.2 Å². The molecule has 2 atom stereocenters. The standard InChI is InChI=1S/C29H31FN2O3.ClH/c1-19-24-16-28(35-3)27(34-2)15-21(24)12-13-32(19)29(33)26-14-20-8-4-5-9-22(20)17-31(26)18-23-10-6-7-11-25(23)30;/h4-11,15-16,19,26H,12-14,17-18H2,1-3H3;1H/t19-,26+;/m1./s1. The van der Waals surface area contributed by atoms with Gasteiger partial charge in [0.25, 0.3) is 0 Å². The number of halogens is 2. The van der Waals surface area contributed by atoms with Gasteiger partial charge in [0.15, 0.2) is 11.5 Å². The molecule has 0 fully saturated rings. The van der Waals surface area contributed by atoms with E-state index < -0.39 is 0 Å². The van der Waals surface area contributed by atoms with E-state index in [1.807, 2.05) is 35.2 Å². The highest BCUT2D eigenvalue weighted by molar-refractivity contribution is 5.85. The molecule has 2 heterocycles. The summed E-state index contributed by atoms with van der Waals surface area (Å²) in [6.07, 6.45) is 1.37. The van der Waals surface area contributed by atoms with Gasteiger partial charge in [-0.15, -0.1) is 12.4 Å². The van der Waals surface area contributed by atoms with Crippen LogP contribution in [-0.4, -0.2) is 42.5 Å². The molecular formula is C29H32ClFN2O3. The molecule has 2 aliphatic heterocycles. The van der Waals surface area contributed by atoms with Crippen molar-refractivity contribution in [2.75, 3.05) is 20.8 Å². The Labute approximate surface area is 218 Å². The molecule has 36 heavy (non-hydrogen) atoms. The first kappa shape index (κ1) is 26.0. The molecule has 0 N–H and O–H groups in total. The third-order valence-electron chi connectivity index (χ3n) is 7.43. The molecule has 0 saturated heterocycles. The number of benzene rings is 3. The summed E-state index contributed by atoms with van der Waals surface area (Å²) in [5.74, 6) is 1.22. The average Bonchev–Trinajstić information content (AvgIpc) is 2.88. The van der Waals surface area contributed by atoms with Crippen molar-refractivity contribution in [2.24, 2.45) is 0 Å². The molecule has 0 aliphatic carbocycles. The summed E-state index contributed by atoms with van der Waals surface area (Å²) in [6.45, 7) is 3.71. The molecular weight excluding hydrogens is 479 g/mol. The van der Waals surface area contributed by atoms with E-state index in [1.165, 1.54) is 22.8 Å². The Kier molecular flexibility index (Phi) is 7.86. The van der Waals surface area contributed by atoms with Crippen LogP contribution in [0.4, 0.5) is 4.39 Å². The van der Waals surface area contributed by atoms with E-state index in [0.717, 1.165) is 12.0 Å². The van der Waals surface area contributed by atoms with Gasteiger partial charge in [-0.25, -0.2) is 4.39 Å². The van der Waals surface area contributed by atoms with Crippen molar-refractivity contribution in [3.8, 4) is 11.5 Å². The fourth-order valence-corrected chi connectivity index (χ4v) is 5.47. The van der Waals surface area contributed by atoms with E-state index >= 15 is 0 Å². The summed E-state index contributed by atoms with van der Waals surface area (Å²) in [4.78, 5) is 18.2. The van der Waals surface area contributed by atoms with Crippen LogP contribution in [0.15, 0.2) is 60.7 Å². The van der Waals surface area contributed by atoms with E-state index in [0.29, 0.717) is 43.1 Å². The van der Waals surface area contributed by atoms with Crippen molar-refractivity contribution in [3.05, 3.63) is 94.3 Å². The maximum Gasteiger partial charge on any atom is 0.240 e. The van der Waals surface area contributed by atoms with Gasteiger partial charge in [-0.2, -0.15) is 0 Å². The third-order valence-corrected chi connectivity index (χ3v) is 7.43. The average molecular weight is 511 g/mol. The van der Waals surface area contributed by atoms with Gasteiger partial charge in [-0.1, -0.05) is 42.5 Å². The van der Waals surface area contributed by atoms with Crippen molar-refractivity contribution >= 4 is 18.3 Å². The Hall–Kier alpha value is -3.09. The number of nitrogens with zero attached hydrogens (tertiary/aromatic N) is 2. The SMILES string of the molecule is COc1cc2c(cc1OC)[C@@H](C)N(C(=O)[C@@H]1Cc3ccccc3CN1Cc1ccccc1F)CC2.Cl. The van der Waals surface area contributed by atoms with Gasteiger partial charge >= 0.3 is 0 Å². The van der Waals surface area contributed by atoms with E-state index in [9.17, 15) is 9.18 Å². The summed E-state index contributed by atoms with van der Waals surface area (Å²) in [5.41, 5.74) is 5.25. The number of ether oxygens (including phenoxy) is 2. The maximum absolute atomic E-state index is 14.5. The van der Waals surface area contributed by atoms with Gasteiger partial charge in [-0.3, -0.25) is 9.69 Å². The molecule has 190 valence electrons. The molecule has 0 unspecified atom stereocenters. The fraction of sp³-hybridized carbons (Fsp3) is 0.345. The first-order valence-corrected chi connectivity index (χ1v) is 12.1.